The van der Waals surface area contributed by atoms with E-state index >= 15 is 0 Å². The van der Waals surface area contributed by atoms with Crippen LogP contribution in [0.3, 0.4) is 0 Å². The highest BCUT2D eigenvalue weighted by atomic mass is 35.5. The van der Waals surface area contributed by atoms with Crippen molar-refractivity contribution in [1.29, 1.82) is 0 Å². The quantitative estimate of drug-likeness (QED) is 0.847. The molecule has 1 aromatic heterocycles. The summed E-state index contributed by atoms with van der Waals surface area (Å²) in [4.78, 5) is 5.09. The van der Waals surface area contributed by atoms with Crippen LogP contribution in [0.25, 0.3) is 0 Å². The van der Waals surface area contributed by atoms with Crippen molar-refractivity contribution < 1.29 is 13.9 Å². The molecule has 1 aromatic rings. The third kappa shape index (κ3) is 3.60. The third-order valence-electron chi connectivity index (χ3n) is 1.82. The first kappa shape index (κ1) is 12.1. The van der Waals surface area contributed by atoms with Crippen molar-refractivity contribution in [2.45, 2.75) is 6.43 Å². The Morgan fingerprint density at radius 1 is 1.53 bits per heavy atom. The van der Waals surface area contributed by atoms with Crippen molar-refractivity contribution in [3.05, 3.63) is 23.5 Å². The van der Waals surface area contributed by atoms with E-state index in [-0.39, 0.29) is 13.2 Å². The predicted octanol–water partition coefficient (Wildman–Crippen LogP) is 1.80. The van der Waals surface area contributed by atoms with Crippen molar-refractivity contribution in [2.24, 2.45) is 0 Å². The molecular weight excluding hydrogens is 226 g/mol. The van der Waals surface area contributed by atoms with Gasteiger partial charge in [0, 0.05) is 18.9 Å². The first-order valence-corrected chi connectivity index (χ1v) is 4.76. The number of anilines is 1. The molecule has 1 heterocycles. The molecule has 15 heavy (non-hydrogen) atoms. The minimum Gasteiger partial charge on any atom is -0.395 e. The Labute approximate surface area is 91.3 Å². The SMILES string of the molecule is OCCN(CC(F)F)c1ccncc1Cl. The van der Waals surface area contributed by atoms with Gasteiger partial charge < -0.3 is 10.0 Å². The molecule has 0 saturated heterocycles. The number of hydrogen-bond donors (Lipinski definition) is 1. The normalized spacial score (nSPS) is 10.7. The monoisotopic (exact) mass is 236 g/mol. The van der Waals surface area contributed by atoms with Crippen molar-refractivity contribution in [3.8, 4) is 0 Å². The van der Waals surface area contributed by atoms with Crippen LogP contribution in [-0.4, -0.2) is 36.2 Å². The molecule has 0 spiro atoms. The highest BCUT2D eigenvalue weighted by Crippen LogP contribution is 2.24. The van der Waals surface area contributed by atoms with E-state index < -0.39 is 13.0 Å². The van der Waals surface area contributed by atoms with Gasteiger partial charge in [-0.3, -0.25) is 4.98 Å². The van der Waals surface area contributed by atoms with Gasteiger partial charge in [0.1, 0.15) is 0 Å². The van der Waals surface area contributed by atoms with Gasteiger partial charge in [0.2, 0.25) is 0 Å². The smallest absolute Gasteiger partial charge is 0.255 e. The second-order valence-corrected chi connectivity index (χ2v) is 3.29. The summed E-state index contributed by atoms with van der Waals surface area (Å²) in [5, 5.41) is 9.05. The Balaban J connectivity index is 2.83. The number of pyridine rings is 1. The number of hydrogen-bond acceptors (Lipinski definition) is 3. The highest BCUT2D eigenvalue weighted by Gasteiger charge is 2.14. The summed E-state index contributed by atoms with van der Waals surface area (Å²) in [6.45, 7) is -0.538. The highest BCUT2D eigenvalue weighted by molar-refractivity contribution is 6.33. The molecule has 3 nitrogen and oxygen atoms in total. The van der Waals surface area contributed by atoms with E-state index in [0.29, 0.717) is 10.7 Å². The summed E-state index contributed by atoms with van der Waals surface area (Å²) < 4.78 is 24.5. The van der Waals surface area contributed by atoms with Crippen LogP contribution in [0.5, 0.6) is 0 Å². The summed E-state index contributed by atoms with van der Waals surface area (Å²) >= 11 is 5.81. The molecule has 0 aliphatic heterocycles. The Bertz CT molecular complexity index is 312. The van der Waals surface area contributed by atoms with Crippen molar-refractivity contribution in [3.63, 3.8) is 0 Å². The standard InChI is InChI=1S/C9H11ClF2N2O/c10-7-5-13-2-1-8(7)14(3-4-15)6-9(11)12/h1-2,5,9,15H,3-4,6H2. The zero-order chi connectivity index (χ0) is 11.3. The summed E-state index contributed by atoms with van der Waals surface area (Å²) in [7, 11) is 0. The fraction of sp³-hybridized carbons (Fsp3) is 0.444. The molecule has 0 atom stereocenters. The molecule has 1 N–H and O–H groups in total. The first-order chi connectivity index (χ1) is 7.15. The van der Waals surface area contributed by atoms with Gasteiger partial charge in [-0.15, -0.1) is 0 Å². The minimum atomic E-state index is -2.47. The Morgan fingerprint density at radius 3 is 2.80 bits per heavy atom. The van der Waals surface area contributed by atoms with Gasteiger partial charge in [0.15, 0.2) is 0 Å². The van der Waals surface area contributed by atoms with Gasteiger partial charge in [0.25, 0.3) is 6.43 Å². The molecule has 0 unspecified atom stereocenters. The fourth-order valence-electron chi connectivity index (χ4n) is 1.22. The maximum Gasteiger partial charge on any atom is 0.255 e. The Morgan fingerprint density at radius 2 is 2.27 bits per heavy atom. The van der Waals surface area contributed by atoms with Gasteiger partial charge in [0.05, 0.1) is 23.9 Å². The molecule has 6 heteroatoms. The van der Waals surface area contributed by atoms with Crippen LogP contribution in [0.4, 0.5) is 14.5 Å². The first-order valence-electron chi connectivity index (χ1n) is 4.38. The van der Waals surface area contributed by atoms with Crippen LogP contribution in [0, 0.1) is 0 Å². The Hall–Kier alpha value is -0.940. The van der Waals surface area contributed by atoms with Gasteiger partial charge in [-0.25, -0.2) is 8.78 Å². The lowest BCUT2D eigenvalue weighted by Crippen LogP contribution is -2.31. The molecule has 0 saturated carbocycles. The van der Waals surface area contributed by atoms with E-state index in [0.717, 1.165) is 0 Å². The molecule has 0 radical (unpaired) electrons. The van der Waals surface area contributed by atoms with Crippen LogP contribution in [0.2, 0.25) is 5.02 Å². The average molecular weight is 237 g/mol. The van der Waals surface area contributed by atoms with Gasteiger partial charge in [-0.05, 0) is 6.07 Å². The van der Waals surface area contributed by atoms with E-state index in [1.807, 2.05) is 0 Å². The molecule has 0 bridgehead atoms. The van der Waals surface area contributed by atoms with E-state index in [4.69, 9.17) is 16.7 Å². The number of nitrogens with zero attached hydrogens (tertiary/aromatic N) is 2. The van der Waals surface area contributed by atoms with Crippen LogP contribution in [0.15, 0.2) is 18.5 Å². The van der Waals surface area contributed by atoms with Crippen molar-refractivity contribution >= 4 is 17.3 Å². The van der Waals surface area contributed by atoms with Crippen LogP contribution >= 0.6 is 11.6 Å². The topological polar surface area (TPSA) is 36.4 Å². The third-order valence-corrected chi connectivity index (χ3v) is 2.11. The molecule has 0 aliphatic rings. The second-order valence-electron chi connectivity index (χ2n) is 2.89. The fourth-order valence-corrected chi connectivity index (χ4v) is 1.46. The molecular formula is C9H11ClF2N2O. The number of halogens is 3. The van der Waals surface area contributed by atoms with Crippen molar-refractivity contribution in [1.82, 2.24) is 4.98 Å². The lowest BCUT2D eigenvalue weighted by molar-refractivity contribution is 0.153. The predicted molar refractivity (Wildman–Crippen MR) is 54.5 cm³/mol. The lowest BCUT2D eigenvalue weighted by Gasteiger charge is -2.24. The van der Waals surface area contributed by atoms with Crippen molar-refractivity contribution in [2.75, 3.05) is 24.6 Å². The van der Waals surface area contributed by atoms with Crippen LogP contribution < -0.4 is 4.90 Å². The molecule has 0 fully saturated rings. The van der Waals surface area contributed by atoms with Gasteiger partial charge >= 0.3 is 0 Å². The van der Waals surface area contributed by atoms with Gasteiger partial charge in [-0.2, -0.15) is 0 Å². The molecule has 0 amide bonds. The summed E-state index contributed by atoms with van der Waals surface area (Å²) in [6, 6.07) is 1.54. The minimum absolute atomic E-state index is 0.119. The van der Waals surface area contributed by atoms with Crippen LogP contribution in [0.1, 0.15) is 0 Å². The summed E-state index contributed by atoms with van der Waals surface area (Å²) in [5.41, 5.74) is 0.459. The largest absolute Gasteiger partial charge is 0.395 e. The molecule has 0 aliphatic carbocycles. The van der Waals surface area contributed by atoms with E-state index in [1.54, 1.807) is 6.07 Å². The maximum absolute atomic E-state index is 12.2. The summed E-state index contributed by atoms with van der Waals surface area (Å²) in [5.74, 6) is 0. The number of aliphatic hydroxyl groups excluding tert-OH is 1. The zero-order valence-corrected chi connectivity index (χ0v) is 8.66. The average Bonchev–Trinajstić information content (AvgIpc) is 2.17. The number of aromatic nitrogens is 1. The Kier molecular flexibility index (Phi) is 4.71. The number of rotatable bonds is 5. The lowest BCUT2D eigenvalue weighted by atomic mass is 10.3. The maximum atomic E-state index is 12.2. The van der Waals surface area contributed by atoms with E-state index in [9.17, 15) is 8.78 Å². The molecule has 84 valence electrons. The van der Waals surface area contributed by atoms with Gasteiger partial charge in [-0.1, -0.05) is 11.6 Å². The molecule has 0 aromatic carbocycles. The second kappa shape index (κ2) is 5.82. The van der Waals surface area contributed by atoms with E-state index in [2.05, 4.69) is 4.98 Å². The number of aliphatic hydroxyl groups is 1. The number of alkyl halides is 2. The van der Waals surface area contributed by atoms with Crippen LogP contribution in [-0.2, 0) is 0 Å². The zero-order valence-electron chi connectivity index (χ0n) is 7.91. The van der Waals surface area contributed by atoms with E-state index in [1.165, 1.54) is 17.3 Å². The molecule has 1 rings (SSSR count). The summed E-state index contributed by atoms with van der Waals surface area (Å²) in [6.07, 6.45) is 0.379.